The quantitative estimate of drug-likeness (QED) is 0.639. The molecule has 0 radical (unpaired) electrons. The molecule has 106 valence electrons. The van der Waals surface area contributed by atoms with Crippen LogP contribution in [-0.2, 0) is 4.84 Å². The largest absolute Gasteiger partial charge is 0.387 e. The molecular weight excluding hydrogens is 275 g/mol. The third-order valence-electron chi connectivity index (χ3n) is 3.32. The summed E-state index contributed by atoms with van der Waals surface area (Å²) in [6, 6.07) is 12.2. The summed E-state index contributed by atoms with van der Waals surface area (Å²) in [6.45, 7) is 0. The Bertz CT molecular complexity index is 696. The van der Waals surface area contributed by atoms with E-state index < -0.39 is 4.92 Å². The number of nitro benzene ring substituents is 1. The predicted octanol–water partition coefficient (Wildman–Crippen LogP) is 3.60. The van der Waals surface area contributed by atoms with Gasteiger partial charge in [0.05, 0.1) is 10.6 Å². The molecule has 0 fully saturated rings. The highest BCUT2D eigenvalue weighted by molar-refractivity contribution is 6.01. The van der Waals surface area contributed by atoms with E-state index >= 15 is 0 Å². The van der Waals surface area contributed by atoms with Gasteiger partial charge in [-0.25, -0.2) is 4.39 Å². The first-order chi connectivity index (χ1) is 10.1. The van der Waals surface area contributed by atoms with Crippen LogP contribution in [0.1, 0.15) is 23.7 Å². The molecule has 2 aromatic rings. The minimum absolute atomic E-state index is 0.0384. The van der Waals surface area contributed by atoms with Crippen molar-refractivity contribution in [1.29, 1.82) is 0 Å². The summed E-state index contributed by atoms with van der Waals surface area (Å²) in [6.07, 6.45) is 0.273. The van der Waals surface area contributed by atoms with Crippen LogP contribution >= 0.6 is 0 Å². The summed E-state index contributed by atoms with van der Waals surface area (Å²) >= 11 is 0. The minimum Gasteiger partial charge on any atom is -0.387 e. The van der Waals surface area contributed by atoms with E-state index in [4.69, 9.17) is 4.84 Å². The molecule has 3 rings (SSSR count). The number of nitro groups is 1. The summed E-state index contributed by atoms with van der Waals surface area (Å²) in [5, 5.41) is 14.6. The monoisotopic (exact) mass is 286 g/mol. The first-order valence-electron chi connectivity index (χ1n) is 6.36. The van der Waals surface area contributed by atoms with Gasteiger partial charge in [0.2, 0.25) is 0 Å². The Balaban J connectivity index is 1.73. The molecule has 1 aliphatic rings. The number of nitrogens with zero attached hydrogens (tertiary/aromatic N) is 2. The van der Waals surface area contributed by atoms with E-state index in [1.54, 1.807) is 24.3 Å². The van der Waals surface area contributed by atoms with E-state index in [2.05, 4.69) is 5.16 Å². The van der Waals surface area contributed by atoms with Crippen LogP contribution in [0, 0.1) is 15.9 Å². The maximum absolute atomic E-state index is 12.9. The third-order valence-corrected chi connectivity index (χ3v) is 3.32. The van der Waals surface area contributed by atoms with Crippen molar-refractivity contribution in [2.45, 2.75) is 12.5 Å². The Morgan fingerprint density at radius 2 is 1.81 bits per heavy atom. The first kappa shape index (κ1) is 13.2. The highest BCUT2D eigenvalue weighted by atomic mass is 19.1. The highest BCUT2D eigenvalue weighted by Crippen LogP contribution is 2.30. The molecule has 1 atom stereocenters. The van der Waals surface area contributed by atoms with Crippen molar-refractivity contribution >= 4 is 11.4 Å². The Morgan fingerprint density at radius 3 is 2.43 bits per heavy atom. The van der Waals surface area contributed by atoms with Gasteiger partial charge in [0.15, 0.2) is 6.10 Å². The van der Waals surface area contributed by atoms with Gasteiger partial charge < -0.3 is 4.84 Å². The average molecular weight is 286 g/mol. The summed E-state index contributed by atoms with van der Waals surface area (Å²) in [5.74, 6) is -0.301. The average Bonchev–Trinajstić information content (AvgIpc) is 2.98. The second kappa shape index (κ2) is 5.32. The summed E-state index contributed by atoms with van der Waals surface area (Å²) in [7, 11) is 0. The number of oxime groups is 1. The fraction of sp³-hybridized carbons (Fsp3) is 0.133. The molecule has 0 N–H and O–H groups in total. The zero-order chi connectivity index (χ0) is 14.8. The molecule has 5 nitrogen and oxygen atoms in total. The predicted molar refractivity (Wildman–Crippen MR) is 74.5 cm³/mol. The molecule has 0 bridgehead atoms. The summed E-state index contributed by atoms with van der Waals surface area (Å²) in [5.41, 5.74) is 2.40. The summed E-state index contributed by atoms with van der Waals surface area (Å²) < 4.78 is 12.9. The number of halogens is 1. The molecule has 0 saturated heterocycles. The Kier molecular flexibility index (Phi) is 3.35. The zero-order valence-corrected chi connectivity index (χ0v) is 10.9. The third kappa shape index (κ3) is 2.74. The molecule has 0 aliphatic carbocycles. The molecule has 0 spiro atoms. The Morgan fingerprint density at radius 1 is 1.14 bits per heavy atom. The first-order valence-corrected chi connectivity index (χ1v) is 6.36. The molecule has 1 heterocycles. The second-order valence-corrected chi connectivity index (χ2v) is 4.69. The van der Waals surface area contributed by atoms with E-state index in [9.17, 15) is 14.5 Å². The lowest BCUT2D eigenvalue weighted by Crippen LogP contribution is -2.01. The second-order valence-electron chi connectivity index (χ2n) is 4.69. The van der Waals surface area contributed by atoms with Crippen LogP contribution in [0.2, 0.25) is 0 Å². The fourth-order valence-electron chi connectivity index (χ4n) is 2.18. The van der Waals surface area contributed by atoms with E-state index in [0.29, 0.717) is 6.42 Å². The Labute approximate surface area is 119 Å². The number of hydrogen-bond acceptors (Lipinski definition) is 4. The minimum atomic E-state index is -0.445. The van der Waals surface area contributed by atoms with Crippen LogP contribution in [0.15, 0.2) is 53.7 Å². The van der Waals surface area contributed by atoms with E-state index in [-0.39, 0.29) is 17.6 Å². The van der Waals surface area contributed by atoms with Crippen LogP contribution in [0.25, 0.3) is 0 Å². The normalized spacial score (nSPS) is 17.2. The van der Waals surface area contributed by atoms with Crippen molar-refractivity contribution in [2.24, 2.45) is 5.16 Å². The molecule has 1 unspecified atom stereocenters. The zero-order valence-electron chi connectivity index (χ0n) is 10.9. The lowest BCUT2D eigenvalue weighted by Gasteiger charge is -2.07. The molecule has 0 aromatic heterocycles. The van der Waals surface area contributed by atoms with Crippen molar-refractivity contribution < 1.29 is 14.2 Å². The van der Waals surface area contributed by atoms with Crippen LogP contribution < -0.4 is 0 Å². The van der Waals surface area contributed by atoms with Crippen LogP contribution in [-0.4, -0.2) is 10.6 Å². The van der Waals surface area contributed by atoms with Gasteiger partial charge >= 0.3 is 0 Å². The highest BCUT2D eigenvalue weighted by Gasteiger charge is 2.24. The van der Waals surface area contributed by atoms with Crippen molar-refractivity contribution in [3.63, 3.8) is 0 Å². The lowest BCUT2D eigenvalue weighted by atomic mass is 10.0. The van der Waals surface area contributed by atoms with E-state index in [1.807, 2.05) is 0 Å². The summed E-state index contributed by atoms with van der Waals surface area (Å²) in [4.78, 5) is 15.5. The SMILES string of the molecule is O=[N+]([O-])c1ccc(C2CC(c3ccc(F)cc3)=NO2)cc1. The number of rotatable bonds is 3. The molecular formula is C15H11FN2O3. The van der Waals surface area contributed by atoms with Gasteiger partial charge in [0, 0.05) is 18.6 Å². The van der Waals surface area contributed by atoms with Gasteiger partial charge in [-0.1, -0.05) is 17.3 Å². The number of hydrogen-bond donors (Lipinski definition) is 0. The van der Waals surface area contributed by atoms with E-state index in [1.165, 1.54) is 24.3 Å². The van der Waals surface area contributed by atoms with E-state index in [0.717, 1.165) is 16.8 Å². The van der Waals surface area contributed by atoms with Gasteiger partial charge in [-0.3, -0.25) is 10.1 Å². The topological polar surface area (TPSA) is 64.7 Å². The van der Waals surface area contributed by atoms with Crippen LogP contribution in [0.4, 0.5) is 10.1 Å². The molecule has 21 heavy (non-hydrogen) atoms. The van der Waals surface area contributed by atoms with Crippen LogP contribution in [0.3, 0.4) is 0 Å². The lowest BCUT2D eigenvalue weighted by molar-refractivity contribution is -0.384. The fourth-order valence-corrected chi connectivity index (χ4v) is 2.18. The van der Waals surface area contributed by atoms with Crippen molar-refractivity contribution in [1.82, 2.24) is 0 Å². The van der Waals surface area contributed by atoms with Crippen molar-refractivity contribution in [2.75, 3.05) is 0 Å². The maximum atomic E-state index is 12.9. The molecule has 0 amide bonds. The van der Waals surface area contributed by atoms with Gasteiger partial charge in [0.1, 0.15) is 5.82 Å². The smallest absolute Gasteiger partial charge is 0.269 e. The van der Waals surface area contributed by atoms with Crippen molar-refractivity contribution in [3.05, 3.63) is 75.6 Å². The molecule has 6 heteroatoms. The maximum Gasteiger partial charge on any atom is 0.269 e. The van der Waals surface area contributed by atoms with Gasteiger partial charge in [-0.2, -0.15) is 0 Å². The standard InChI is InChI=1S/C15H11FN2O3/c16-12-5-1-10(2-6-12)14-9-15(21-17-14)11-3-7-13(8-4-11)18(19)20/h1-8,15H,9H2. The van der Waals surface area contributed by atoms with Gasteiger partial charge in [-0.15, -0.1) is 0 Å². The van der Waals surface area contributed by atoms with Crippen LogP contribution in [0.5, 0.6) is 0 Å². The van der Waals surface area contributed by atoms with Gasteiger partial charge in [-0.05, 0) is 35.4 Å². The van der Waals surface area contributed by atoms with Gasteiger partial charge in [0.25, 0.3) is 5.69 Å². The molecule has 2 aromatic carbocycles. The number of benzene rings is 2. The van der Waals surface area contributed by atoms with Crippen molar-refractivity contribution in [3.8, 4) is 0 Å². The number of non-ortho nitro benzene ring substituents is 1. The molecule has 0 saturated carbocycles. The Hall–Kier alpha value is -2.76. The molecule has 1 aliphatic heterocycles.